The van der Waals surface area contributed by atoms with Crippen LogP contribution in [0.15, 0.2) is 48.6 Å². The Morgan fingerprint density at radius 3 is 1.68 bits per heavy atom. The second kappa shape index (κ2) is 43.5. The first-order valence-electron chi connectivity index (χ1n) is 25.1. The molecule has 10 nitrogen and oxygen atoms in total. The van der Waals surface area contributed by atoms with Gasteiger partial charge in [0.25, 0.3) is 0 Å². The van der Waals surface area contributed by atoms with Crippen molar-refractivity contribution >= 4 is 17.9 Å². The summed E-state index contributed by atoms with van der Waals surface area (Å²) in [5.41, 5.74) is 0. The average Bonchev–Trinajstić information content (AvgIpc) is 3.69. The fourth-order valence-corrected chi connectivity index (χ4v) is 7.18. The molecule has 0 amide bonds. The Hall–Kier alpha value is -2.79. The molecule has 0 radical (unpaired) electrons. The van der Waals surface area contributed by atoms with Crippen LogP contribution in [0.3, 0.4) is 0 Å². The molecular weight excluding hydrogens is 781 g/mol. The minimum Gasteiger partial charge on any atom is -0.465 e. The number of esters is 3. The summed E-state index contributed by atoms with van der Waals surface area (Å²) >= 11 is 0. The maximum Gasteiger partial charge on any atom is 0.307 e. The molecule has 0 aliphatic carbocycles. The summed E-state index contributed by atoms with van der Waals surface area (Å²) in [5, 5.41) is 3.36. The molecule has 358 valence electrons. The maximum absolute atomic E-state index is 13.0. The van der Waals surface area contributed by atoms with Crippen molar-refractivity contribution in [3.63, 3.8) is 0 Å². The van der Waals surface area contributed by atoms with Crippen LogP contribution in [0.2, 0.25) is 0 Å². The summed E-state index contributed by atoms with van der Waals surface area (Å²) in [6, 6.07) is 0.604. The predicted molar refractivity (Wildman–Crippen MR) is 255 cm³/mol. The van der Waals surface area contributed by atoms with Crippen LogP contribution in [0.25, 0.3) is 0 Å². The summed E-state index contributed by atoms with van der Waals surface area (Å²) in [6.07, 6.45) is 42.3. The van der Waals surface area contributed by atoms with E-state index in [9.17, 15) is 14.4 Å². The number of unbranched alkanes of at least 4 members (excludes halogenated alkanes) is 12. The van der Waals surface area contributed by atoms with Gasteiger partial charge in [0.2, 0.25) is 0 Å². The van der Waals surface area contributed by atoms with Gasteiger partial charge in [0, 0.05) is 38.6 Å². The molecule has 1 aliphatic rings. The van der Waals surface area contributed by atoms with Gasteiger partial charge in [-0.1, -0.05) is 101 Å². The van der Waals surface area contributed by atoms with E-state index < -0.39 is 12.2 Å². The van der Waals surface area contributed by atoms with Crippen LogP contribution in [-0.4, -0.2) is 94.9 Å². The quantitative estimate of drug-likeness (QED) is 0.0209. The van der Waals surface area contributed by atoms with Crippen LogP contribution in [0.1, 0.15) is 188 Å². The first-order chi connectivity index (χ1) is 30.4. The van der Waals surface area contributed by atoms with E-state index in [1.165, 1.54) is 38.5 Å². The maximum atomic E-state index is 13.0. The van der Waals surface area contributed by atoms with Gasteiger partial charge in [-0.05, 0) is 129 Å². The lowest BCUT2D eigenvalue weighted by Gasteiger charge is -2.20. The molecule has 1 aliphatic heterocycles. The monoisotopic (exact) mass is 873 g/mol. The lowest BCUT2D eigenvalue weighted by atomic mass is 10.1. The van der Waals surface area contributed by atoms with E-state index in [1.807, 2.05) is 0 Å². The number of ether oxygens (including phenoxy) is 5. The van der Waals surface area contributed by atoms with E-state index >= 15 is 0 Å². The topological polar surface area (TPSA) is 113 Å². The number of rotatable bonds is 43. The van der Waals surface area contributed by atoms with E-state index in [0.717, 1.165) is 116 Å². The Morgan fingerprint density at radius 1 is 0.597 bits per heavy atom. The van der Waals surface area contributed by atoms with Crippen molar-refractivity contribution in [2.24, 2.45) is 5.92 Å². The largest absolute Gasteiger partial charge is 0.465 e. The summed E-state index contributed by atoms with van der Waals surface area (Å²) in [5.74, 6) is -1.46. The van der Waals surface area contributed by atoms with E-state index in [1.54, 1.807) is 0 Å². The molecule has 0 aromatic heterocycles. The van der Waals surface area contributed by atoms with Crippen LogP contribution in [-0.2, 0) is 38.1 Å². The summed E-state index contributed by atoms with van der Waals surface area (Å²) < 4.78 is 29.0. The molecule has 0 aromatic rings. The van der Waals surface area contributed by atoms with Crippen molar-refractivity contribution in [1.29, 1.82) is 0 Å². The van der Waals surface area contributed by atoms with Crippen molar-refractivity contribution in [1.82, 2.24) is 10.2 Å². The Morgan fingerprint density at radius 2 is 1.11 bits per heavy atom. The molecule has 1 rings (SSSR count). The Labute approximate surface area is 379 Å². The number of nitrogens with one attached hydrogen (secondary N) is 1. The predicted octanol–water partition coefficient (Wildman–Crippen LogP) is 11.9. The number of hydrogen-bond acceptors (Lipinski definition) is 10. The van der Waals surface area contributed by atoms with E-state index in [4.69, 9.17) is 23.7 Å². The molecule has 2 atom stereocenters. The molecule has 0 spiro atoms. The van der Waals surface area contributed by atoms with Crippen molar-refractivity contribution in [2.45, 2.75) is 200 Å². The summed E-state index contributed by atoms with van der Waals surface area (Å²) in [7, 11) is 2.17. The standard InChI is InChI=1S/C52H92N2O8/c1-5-8-11-14-17-18-19-20-21-22-23-24-25-26-29-34-49(55)60-44-47(46-62-51(57)38-40-53-39-37-48-33-32-41-54(48)4)45-61-50(56)35-36-52(58-42-30-27-15-12-9-6-2)59-43-31-28-16-13-10-7-3/h9-10,12-13,17-18,20-21,47-48,52-53H,5-8,11,14-16,19,22-46H2,1-4H3/b12-9-,13-10-,18-17-,21-20-. The molecule has 2 unspecified atom stereocenters. The molecular formula is C52H92N2O8. The van der Waals surface area contributed by atoms with Gasteiger partial charge in [0.15, 0.2) is 6.29 Å². The van der Waals surface area contributed by atoms with E-state index in [0.29, 0.717) is 38.6 Å². The molecule has 10 heteroatoms. The summed E-state index contributed by atoms with van der Waals surface area (Å²) in [4.78, 5) is 40.8. The van der Waals surface area contributed by atoms with Crippen LogP contribution >= 0.6 is 0 Å². The Bertz CT molecular complexity index is 1160. The second-order valence-electron chi connectivity index (χ2n) is 16.9. The zero-order valence-corrected chi connectivity index (χ0v) is 40.1. The highest BCUT2D eigenvalue weighted by Crippen LogP contribution is 2.17. The number of likely N-dealkylation sites (tertiary alicyclic amines) is 1. The first kappa shape index (κ1) is 57.2. The minimum atomic E-state index is -0.487. The lowest BCUT2D eigenvalue weighted by Crippen LogP contribution is -2.30. The second-order valence-corrected chi connectivity index (χ2v) is 16.9. The number of carbonyl (C=O) groups is 3. The van der Waals surface area contributed by atoms with Crippen LogP contribution in [0.4, 0.5) is 0 Å². The molecule has 0 saturated carbocycles. The van der Waals surface area contributed by atoms with Gasteiger partial charge in [0.1, 0.15) is 19.8 Å². The van der Waals surface area contributed by atoms with Gasteiger partial charge in [-0.25, -0.2) is 0 Å². The number of nitrogens with zero attached hydrogens (tertiary/aromatic N) is 1. The number of carbonyl (C=O) groups excluding carboxylic acids is 3. The van der Waals surface area contributed by atoms with E-state index in [2.05, 4.69) is 86.6 Å². The minimum absolute atomic E-state index is 0.00565. The van der Waals surface area contributed by atoms with E-state index in [-0.39, 0.29) is 50.6 Å². The molecule has 0 bridgehead atoms. The molecule has 0 aromatic carbocycles. The Kier molecular flexibility index (Phi) is 40.1. The third-order valence-corrected chi connectivity index (χ3v) is 11.1. The molecule has 62 heavy (non-hydrogen) atoms. The summed E-state index contributed by atoms with van der Waals surface area (Å²) in [6.45, 7) is 10.2. The molecule has 1 saturated heterocycles. The van der Waals surface area contributed by atoms with Crippen molar-refractivity contribution in [3.05, 3.63) is 48.6 Å². The third-order valence-electron chi connectivity index (χ3n) is 11.1. The first-order valence-corrected chi connectivity index (χ1v) is 25.1. The fourth-order valence-electron chi connectivity index (χ4n) is 7.18. The Balaban J connectivity index is 2.53. The zero-order chi connectivity index (χ0) is 45.0. The normalized spacial score (nSPS) is 15.3. The zero-order valence-electron chi connectivity index (χ0n) is 40.1. The van der Waals surface area contributed by atoms with Crippen LogP contribution < -0.4 is 5.32 Å². The van der Waals surface area contributed by atoms with Gasteiger partial charge in [-0.2, -0.15) is 0 Å². The van der Waals surface area contributed by atoms with Gasteiger partial charge >= 0.3 is 17.9 Å². The molecule has 1 N–H and O–H groups in total. The van der Waals surface area contributed by atoms with Gasteiger partial charge < -0.3 is 33.9 Å². The van der Waals surface area contributed by atoms with Gasteiger partial charge in [-0.15, -0.1) is 0 Å². The van der Waals surface area contributed by atoms with Crippen molar-refractivity contribution in [2.75, 3.05) is 59.7 Å². The third kappa shape index (κ3) is 36.7. The van der Waals surface area contributed by atoms with Gasteiger partial charge in [-0.3, -0.25) is 14.4 Å². The lowest BCUT2D eigenvalue weighted by molar-refractivity contribution is -0.162. The van der Waals surface area contributed by atoms with Crippen LogP contribution in [0.5, 0.6) is 0 Å². The highest BCUT2D eigenvalue weighted by molar-refractivity contribution is 5.70. The number of allylic oxidation sites excluding steroid dienone is 8. The fraction of sp³-hybridized carbons (Fsp3) is 0.788. The van der Waals surface area contributed by atoms with Gasteiger partial charge in [0.05, 0.1) is 18.8 Å². The average molecular weight is 873 g/mol. The highest BCUT2D eigenvalue weighted by Gasteiger charge is 2.21. The smallest absolute Gasteiger partial charge is 0.307 e. The number of hydrogen-bond donors (Lipinski definition) is 1. The van der Waals surface area contributed by atoms with Crippen LogP contribution in [0, 0.1) is 5.92 Å². The molecule has 1 heterocycles. The highest BCUT2D eigenvalue weighted by atomic mass is 16.7. The van der Waals surface area contributed by atoms with Crippen molar-refractivity contribution in [3.8, 4) is 0 Å². The SMILES string of the molecule is CC/C=C\CCCCOC(CCC(=O)OCC(COC(=O)CCCCCCC/C=C\C/C=C\CCCCC)COC(=O)CCNCCC1CCCN1C)OCCCC/C=C\CC. The molecule has 1 fully saturated rings. The van der Waals surface area contributed by atoms with Crippen molar-refractivity contribution < 1.29 is 38.1 Å².